The maximum Gasteiger partial charge on any atom is 0.313 e. The van der Waals surface area contributed by atoms with Crippen molar-refractivity contribution in [2.24, 2.45) is 0 Å². The Morgan fingerprint density at radius 2 is 1.71 bits per heavy atom. The highest BCUT2D eigenvalue weighted by atomic mass is 32.2. The Hall–Kier alpha value is -2.41. The summed E-state index contributed by atoms with van der Waals surface area (Å²) in [6.07, 6.45) is 0. The van der Waals surface area contributed by atoms with Crippen LogP contribution >= 0.6 is 0 Å². The summed E-state index contributed by atoms with van der Waals surface area (Å²) in [6, 6.07) is 12.1. The molecule has 0 aromatic heterocycles. The summed E-state index contributed by atoms with van der Waals surface area (Å²) in [5, 5.41) is 10.5. The standard InChI is InChI=1S/C14H13NO5S/c1-11-4-2-3-5-14(11)20-21(18,19)10-12-6-8-13(9-7-12)15(16)17/h2-9H,10H2,1H3. The van der Waals surface area contributed by atoms with Crippen LogP contribution in [0.2, 0.25) is 0 Å². The van der Waals surface area contributed by atoms with Crippen molar-refractivity contribution in [2.45, 2.75) is 12.7 Å². The molecule has 0 spiro atoms. The van der Waals surface area contributed by atoms with E-state index in [2.05, 4.69) is 0 Å². The molecule has 0 aliphatic rings. The zero-order chi connectivity index (χ0) is 15.5. The summed E-state index contributed by atoms with van der Waals surface area (Å²) >= 11 is 0. The van der Waals surface area contributed by atoms with Crippen LogP contribution < -0.4 is 4.18 Å². The maximum atomic E-state index is 12.0. The van der Waals surface area contributed by atoms with Crippen LogP contribution in [0, 0.1) is 17.0 Å². The van der Waals surface area contributed by atoms with E-state index in [1.807, 2.05) is 0 Å². The van der Waals surface area contributed by atoms with Crippen molar-refractivity contribution in [1.82, 2.24) is 0 Å². The fourth-order valence-electron chi connectivity index (χ4n) is 1.73. The fourth-order valence-corrected chi connectivity index (χ4v) is 2.85. The molecule has 0 unspecified atom stereocenters. The number of rotatable bonds is 5. The van der Waals surface area contributed by atoms with E-state index >= 15 is 0 Å². The lowest BCUT2D eigenvalue weighted by atomic mass is 10.2. The lowest BCUT2D eigenvalue weighted by Crippen LogP contribution is -2.12. The molecule has 2 aromatic carbocycles. The Labute approximate surface area is 122 Å². The normalized spacial score (nSPS) is 11.1. The highest BCUT2D eigenvalue weighted by molar-refractivity contribution is 7.86. The number of aryl methyl sites for hydroxylation is 1. The average molecular weight is 307 g/mol. The first-order chi connectivity index (χ1) is 9.87. The summed E-state index contributed by atoms with van der Waals surface area (Å²) in [7, 11) is -3.81. The van der Waals surface area contributed by atoms with Crippen LogP contribution in [0.5, 0.6) is 5.75 Å². The summed E-state index contributed by atoms with van der Waals surface area (Å²) in [6.45, 7) is 1.75. The Balaban J connectivity index is 2.14. The molecule has 0 saturated carbocycles. The van der Waals surface area contributed by atoms with Crippen molar-refractivity contribution in [2.75, 3.05) is 0 Å². The smallest absolute Gasteiger partial charge is 0.313 e. The number of nitro benzene ring substituents is 1. The first-order valence-corrected chi connectivity index (χ1v) is 7.66. The van der Waals surface area contributed by atoms with E-state index in [0.29, 0.717) is 11.1 Å². The van der Waals surface area contributed by atoms with Crippen LogP contribution in [0.1, 0.15) is 11.1 Å². The van der Waals surface area contributed by atoms with E-state index in [1.165, 1.54) is 24.3 Å². The first-order valence-electron chi connectivity index (χ1n) is 6.08. The van der Waals surface area contributed by atoms with Crippen molar-refractivity contribution in [3.8, 4) is 5.75 Å². The van der Waals surface area contributed by atoms with E-state index < -0.39 is 15.0 Å². The van der Waals surface area contributed by atoms with Gasteiger partial charge in [-0.25, -0.2) is 0 Å². The van der Waals surface area contributed by atoms with Gasteiger partial charge in [0.05, 0.1) is 4.92 Å². The van der Waals surface area contributed by atoms with Gasteiger partial charge in [0.25, 0.3) is 5.69 Å². The van der Waals surface area contributed by atoms with Gasteiger partial charge in [0, 0.05) is 12.1 Å². The number of hydrogen-bond acceptors (Lipinski definition) is 5. The lowest BCUT2D eigenvalue weighted by molar-refractivity contribution is -0.384. The Morgan fingerprint density at radius 1 is 1.10 bits per heavy atom. The van der Waals surface area contributed by atoms with Crippen molar-refractivity contribution < 1.29 is 17.5 Å². The van der Waals surface area contributed by atoms with Gasteiger partial charge in [-0.1, -0.05) is 30.3 Å². The number of nitrogens with zero attached hydrogens (tertiary/aromatic N) is 1. The molecule has 0 N–H and O–H groups in total. The van der Waals surface area contributed by atoms with E-state index in [-0.39, 0.29) is 17.2 Å². The van der Waals surface area contributed by atoms with Gasteiger partial charge in [-0.3, -0.25) is 10.1 Å². The third-order valence-corrected chi connectivity index (χ3v) is 3.92. The van der Waals surface area contributed by atoms with Crippen molar-refractivity contribution in [1.29, 1.82) is 0 Å². The van der Waals surface area contributed by atoms with E-state index in [4.69, 9.17) is 4.18 Å². The van der Waals surface area contributed by atoms with Crippen LogP contribution in [0.3, 0.4) is 0 Å². The number of non-ortho nitro benzene ring substituents is 1. The predicted molar refractivity (Wildman–Crippen MR) is 77.5 cm³/mol. The molecule has 0 saturated heterocycles. The monoisotopic (exact) mass is 307 g/mol. The topological polar surface area (TPSA) is 86.5 Å². The highest BCUT2D eigenvalue weighted by Crippen LogP contribution is 2.21. The van der Waals surface area contributed by atoms with Gasteiger partial charge in [-0.05, 0) is 24.1 Å². The molecule has 0 amide bonds. The minimum absolute atomic E-state index is 0.0871. The van der Waals surface area contributed by atoms with Crippen LogP contribution in [-0.2, 0) is 15.9 Å². The van der Waals surface area contributed by atoms with Gasteiger partial charge in [-0.2, -0.15) is 8.42 Å². The average Bonchev–Trinajstić information content (AvgIpc) is 2.41. The molecule has 0 radical (unpaired) electrons. The van der Waals surface area contributed by atoms with Gasteiger partial charge in [0.15, 0.2) is 0 Å². The first kappa shape index (κ1) is 15.0. The molecule has 0 aliphatic carbocycles. The second-order valence-electron chi connectivity index (χ2n) is 4.47. The minimum atomic E-state index is -3.81. The highest BCUT2D eigenvalue weighted by Gasteiger charge is 2.16. The van der Waals surface area contributed by atoms with E-state index in [1.54, 1.807) is 31.2 Å². The number of hydrogen-bond donors (Lipinski definition) is 0. The van der Waals surface area contributed by atoms with Crippen LogP contribution in [0.4, 0.5) is 5.69 Å². The number of benzene rings is 2. The lowest BCUT2D eigenvalue weighted by Gasteiger charge is -2.09. The maximum absolute atomic E-state index is 12.0. The van der Waals surface area contributed by atoms with Gasteiger partial charge < -0.3 is 4.18 Å². The van der Waals surface area contributed by atoms with Gasteiger partial charge in [-0.15, -0.1) is 0 Å². The summed E-state index contributed by atoms with van der Waals surface area (Å²) in [5.74, 6) is -0.0707. The third kappa shape index (κ3) is 4.03. The van der Waals surface area contributed by atoms with Crippen molar-refractivity contribution in [3.05, 3.63) is 69.8 Å². The molecule has 2 aromatic rings. The molecule has 2 rings (SSSR count). The predicted octanol–water partition coefficient (Wildman–Crippen LogP) is 2.81. The Bertz CT molecular complexity index is 753. The SMILES string of the molecule is Cc1ccccc1OS(=O)(=O)Cc1ccc([N+](=O)[O-])cc1. The zero-order valence-corrected chi connectivity index (χ0v) is 12.0. The summed E-state index contributed by atoms with van der Waals surface area (Å²) in [5.41, 5.74) is 1.05. The van der Waals surface area contributed by atoms with Crippen LogP contribution in [0.15, 0.2) is 48.5 Å². The van der Waals surface area contributed by atoms with Gasteiger partial charge in [0.2, 0.25) is 0 Å². The Morgan fingerprint density at radius 3 is 2.29 bits per heavy atom. The second-order valence-corrected chi connectivity index (χ2v) is 6.05. The summed E-state index contributed by atoms with van der Waals surface area (Å²) < 4.78 is 29.0. The Kier molecular flexibility index (Phi) is 4.23. The minimum Gasteiger partial charge on any atom is -0.382 e. The summed E-state index contributed by atoms with van der Waals surface area (Å²) in [4.78, 5) is 10.00. The third-order valence-electron chi connectivity index (χ3n) is 2.80. The molecule has 0 heterocycles. The second kappa shape index (κ2) is 5.92. The van der Waals surface area contributed by atoms with Crippen molar-refractivity contribution in [3.63, 3.8) is 0 Å². The van der Waals surface area contributed by atoms with Crippen molar-refractivity contribution >= 4 is 15.8 Å². The van der Waals surface area contributed by atoms with Crippen LogP contribution in [-0.4, -0.2) is 13.3 Å². The molecule has 7 heteroatoms. The largest absolute Gasteiger partial charge is 0.382 e. The molecule has 21 heavy (non-hydrogen) atoms. The van der Waals surface area contributed by atoms with E-state index in [9.17, 15) is 18.5 Å². The molecule has 0 bridgehead atoms. The fraction of sp³-hybridized carbons (Fsp3) is 0.143. The zero-order valence-electron chi connectivity index (χ0n) is 11.2. The molecular formula is C14H13NO5S. The van der Waals surface area contributed by atoms with E-state index in [0.717, 1.165) is 0 Å². The number of nitro groups is 1. The van der Waals surface area contributed by atoms with Crippen LogP contribution in [0.25, 0.3) is 0 Å². The molecule has 110 valence electrons. The molecular weight excluding hydrogens is 294 g/mol. The molecule has 0 fully saturated rings. The molecule has 0 aliphatic heterocycles. The molecule has 0 atom stereocenters. The molecule has 6 nitrogen and oxygen atoms in total. The number of para-hydroxylation sites is 1. The van der Waals surface area contributed by atoms with Gasteiger partial charge >= 0.3 is 10.1 Å². The van der Waals surface area contributed by atoms with Gasteiger partial charge in [0.1, 0.15) is 11.5 Å². The quantitative estimate of drug-likeness (QED) is 0.481.